The summed E-state index contributed by atoms with van der Waals surface area (Å²) in [6, 6.07) is 15.2. The third-order valence-corrected chi connectivity index (χ3v) is 3.96. The van der Waals surface area contributed by atoms with Crippen molar-refractivity contribution in [2.75, 3.05) is 0 Å². The monoisotopic (exact) mass is 341 g/mol. The molecular formula is C20H15N5O. The molecule has 0 aliphatic heterocycles. The van der Waals surface area contributed by atoms with E-state index in [-0.39, 0.29) is 5.78 Å². The highest BCUT2D eigenvalue weighted by molar-refractivity contribution is 6.06. The summed E-state index contributed by atoms with van der Waals surface area (Å²) in [6.45, 7) is 0. The Labute approximate surface area is 150 Å². The number of hydrogen-bond acceptors (Lipinski definition) is 4. The molecule has 2 aromatic carbocycles. The van der Waals surface area contributed by atoms with Crippen LogP contribution in [-0.2, 0) is 0 Å². The molecular weight excluding hydrogens is 326 g/mol. The zero-order valence-electron chi connectivity index (χ0n) is 13.8. The standard InChI is InChI=1S/C20H15N5O/c26-20(17-4-8-18(9-5-17)24-12-11-21-14-24)10-3-16-1-6-19(7-2-16)25-15-22-13-23-25/h1-15H. The molecule has 26 heavy (non-hydrogen) atoms. The minimum Gasteiger partial charge on any atom is -0.306 e. The molecule has 0 unspecified atom stereocenters. The minimum absolute atomic E-state index is 0.0393. The zero-order chi connectivity index (χ0) is 17.8. The average Bonchev–Trinajstić information content (AvgIpc) is 3.40. The number of aromatic nitrogens is 5. The second kappa shape index (κ2) is 6.98. The summed E-state index contributed by atoms with van der Waals surface area (Å²) in [7, 11) is 0. The van der Waals surface area contributed by atoms with Gasteiger partial charge in [-0.25, -0.2) is 14.6 Å². The highest BCUT2D eigenvalue weighted by Crippen LogP contribution is 2.12. The molecule has 0 amide bonds. The maximum absolute atomic E-state index is 12.3. The predicted octanol–water partition coefficient (Wildman–Crippen LogP) is 3.35. The van der Waals surface area contributed by atoms with Crippen molar-refractivity contribution in [1.82, 2.24) is 24.3 Å². The Morgan fingerprint density at radius 2 is 1.65 bits per heavy atom. The lowest BCUT2D eigenvalue weighted by atomic mass is 10.1. The van der Waals surface area contributed by atoms with E-state index in [1.165, 1.54) is 6.33 Å². The van der Waals surface area contributed by atoms with E-state index >= 15 is 0 Å². The number of benzene rings is 2. The third kappa shape index (κ3) is 3.34. The van der Waals surface area contributed by atoms with Gasteiger partial charge < -0.3 is 4.57 Å². The van der Waals surface area contributed by atoms with Gasteiger partial charge in [0.15, 0.2) is 5.78 Å². The van der Waals surface area contributed by atoms with Gasteiger partial charge in [0.05, 0.1) is 12.0 Å². The fourth-order valence-electron chi connectivity index (χ4n) is 2.56. The van der Waals surface area contributed by atoms with Gasteiger partial charge in [-0.3, -0.25) is 4.79 Å². The number of nitrogens with zero attached hydrogens (tertiary/aromatic N) is 5. The summed E-state index contributed by atoms with van der Waals surface area (Å²) in [4.78, 5) is 20.3. The first-order valence-corrected chi connectivity index (χ1v) is 8.05. The predicted molar refractivity (Wildman–Crippen MR) is 98.3 cm³/mol. The van der Waals surface area contributed by atoms with Gasteiger partial charge >= 0.3 is 0 Å². The van der Waals surface area contributed by atoms with Gasteiger partial charge in [-0.2, -0.15) is 5.10 Å². The number of ketones is 1. The Bertz CT molecular complexity index is 1020. The SMILES string of the molecule is O=C(C=Cc1ccc(-n2cncn2)cc1)c1ccc(-n2ccnc2)cc1. The molecule has 6 nitrogen and oxygen atoms in total. The zero-order valence-corrected chi connectivity index (χ0v) is 13.8. The maximum atomic E-state index is 12.3. The van der Waals surface area contributed by atoms with Crippen LogP contribution >= 0.6 is 0 Å². The van der Waals surface area contributed by atoms with Gasteiger partial charge in [-0.15, -0.1) is 0 Å². The van der Waals surface area contributed by atoms with Gasteiger partial charge in [0.25, 0.3) is 0 Å². The first kappa shape index (κ1) is 15.7. The molecule has 126 valence electrons. The highest BCUT2D eigenvalue weighted by Gasteiger charge is 2.03. The first-order chi connectivity index (χ1) is 12.8. The molecule has 0 spiro atoms. The van der Waals surface area contributed by atoms with Crippen LogP contribution in [0.5, 0.6) is 0 Å². The van der Waals surface area contributed by atoms with Crippen LogP contribution in [0.25, 0.3) is 17.5 Å². The molecule has 0 aliphatic rings. The van der Waals surface area contributed by atoms with Crippen LogP contribution in [0.4, 0.5) is 0 Å². The summed E-state index contributed by atoms with van der Waals surface area (Å²) >= 11 is 0. The van der Waals surface area contributed by atoms with Gasteiger partial charge in [0.1, 0.15) is 12.7 Å². The summed E-state index contributed by atoms with van der Waals surface area (Å²) < 4.78 is 3.57. The third-order valence-electron chi connectivity index (χ3n) is 3.96. The molecule has 4 aromatic rings. The summed E-state index contributed by atoms with van der Waals surface area (Å²) in [5, 5.41) is 4.08. The maximum Gasteiger partial charge on any atom is 0.185 e. The van der Waals surface area contributed by atoms with E-state index < -0.39 is 0 Å². The second-order valence-corrected chi connectivity index (χ2v) is 5.65. The number of hydrogen-bond donors (Lipinski definition) is 0. The Hall–Kier alpha value is -3.80. The van der Waals surface area contributed by atoms with E-state index in [2.05, 4.69) is 15.1 Å². The van der Waals surface area contributed by atoms with Gasteiger partial charge in [0, 0.05) is 23.6 Å². The van der Waals surface area contributed by atoms with Crippen molar-refractivity contribution < 1.29 is 4.79 Å². The molecule has 0 radical (unpaired) electrons. The molecule has 0 fully saturated rings. The van der Waals surface area contributed by atoms with Gasteiger partial charge in [-0.05, 0) is 48.0 Å². The fraction of sp³-hybridized carbons (Fsp3) is 0. The van der Waals surface area contributed by atoms with Crippen LogP contribution in [0.15, 0.2) is 86.0 Å². The smallest absolute Gasteiger partial charge is 0.185 e. The van der Waals surface area contributed by atoms with Crippen molar-refractivity contribution in [3.63, 3.8) is 0 Å². The van der Waals surface area contributed by atoms with Crippen LogP contribution in [0.3, 0.4) is 0 Å². The first-order valence-electron chi connectivity index (χ1n) is 8.05. The Morgan fingerprint density at radius 3 is 2.31 bits per heavy atom. The average molecular weight is 341 g/mol. The number of rotatable bonds is 5. The highest BCUT2D eigenvalue weighted by atomic mass is 16.1. The Morgan fingerprint density at radius 1 is 0.885 bits per heavy atom. The quantitative estimate of drug-likeness (QED) is 0.412. The Balaban J connectivity index is 1.45. The lowest BCUT2D eigenvalue weighted by Gasteiger charge is -2.03. The summed E-state index contributed by atoms with van der Waals surface area (Å²) in [5.74, 6) is -0.0393. The topological polar surface area (TPSA) is 65.6 Å². The van der Waals surface area contributed by atoms with Crippen molar-refractivity contribution in [3.8, 4) is 11.4 Å². The largest absolute Gasteiger partial charge is 0.306 e. The molecule has 0 saturated carbocycles. The normalized spacial score (nSPS) is 11.1. The van der Waals surface area contributed by atoms with Crippen molar-refractivity contribution in [1.29, 1.82) is 0 Å². The van der Waals surface area contributed by atoms with Crippen LogP contribution < -0.4 is 0 Å². The molecule has 4 rings (SSSR count). The van der Waals surface area contributed by atoms with Crippen LogP contribution in [0.2, 0.25) is 0 Å². The molecule has 0 aliphatic carbocycles. The van der Waals surface area contributed by atoms with Crippen LogP contribution in [-0.4, -0.2) is 30.1 Å². The Kier molecular flexibility index (Phi) is 4.22. The molecule has 2 aromatic heterocycles. The van der Waals surface area contributed by atoms with Gasteiger partial charge in [0.2, 0.25) is 0 Å². The van der Waals surface area contributed by atoms with Crippen molar-refractivity contribution in [3.05, 3.63) is 97.1 Å². The molecule has 0 saturated heterocycles. The van der Waals surface area contributed by atoms with Crippen molar-refractivity contribution >= 4 is 11.9 Å². The molecule has 0 atom stereocenters. The minimum atomic E-state index is -0.0393. The van der Waals surface area contributed by atoms with Crippen molar-refractivity contribution in [2.24, 2.45) is 0 Å². The molecule has 2 heterocycles. The number of allylic oxidation sites excluding steroid dienone is 1. The van der Waals surface area contributed by atoms with E-state index in [1.54, 1.807) is 35.7 Å². The number of carbonyl (C=O) groups excluding carboxylic acids is 1. The lowest BCUT2D eigenvalue weighted by Crippen LogP contribution is -1.96. The van der Waals surface area contributed by atoms with E-state index in [9.17, 15) is 4.79 Å². The second-order valence-electron chi connectivity index (χ2n) is 5.65. The van der Waals surface area contributed by atoms with E-state index in [1.807, 2.05) is 59.3 Å². The van der Waals surface area contributed by atoms with Crippen LogP contribution in [0, 0.1) is 0 Å². The molecule has 0 N–H and O–H groups in total. The van der Waals surface area contributed by atoms with Crippen LogP contribution in [0.1, 0.15) is 15.9 Å². The number of imidazole rings is 1. The molecule has 0 bridgehead atoms. The van der Waals surface area contributed by atoms with Gasteiger partial charge in [-0.1, -0.05) is 18.2 Å². The van der Waals surface area contributed by atoms with E-state index in [4.69, 9.17) is 0 Å². The van der Waals surface area contributed by atoms with E-state index in [0.717, 1.165) is 16.9 Å². The fourth-order valence-corrected chi connectivity index (χ4v) is 2.56. The summed E-state index contributed by atoms with van der Waals surface area (Å²) in [5.41, 5.74) is 3.47. The molecule has 6 heteroatoms. The van der Waals surface area contributed by atoms with Crippen molar-refractivity contribution in [2.45, 2.75) is 0 Å². The summed E-state index contributed by atoms with van der Waals surface area (Å²) in [6.07, 6.45) is 11.8. The number of carbonyl (C=O) groups is 1. The lowest BCUT2D eigenvalue weighted by molar-refractivity contribution is 0.104. The van der Waals surface area contributed by atoms with E-state index in [0.29, 0.717) is 5.56 Å².